The molecule has 2 aromatic carbocycles. The molecule has 0 bridgehead atoms. The number of hydrogen-bond acceptors (Lipinski definition) is 6. The first-order chi connectivity index (χ1) is 15.1. The molecule has 0 saturated heterocycles. The summed E-state index contributed by atoms with van der Waals surface area (Å²) >= 11 is 1.44. The number of para-hydroxylation sites is 1. The van der Waals surface area contributed by atoms with Crippen molar-refractivity contribution in [3.63, 3.8) is 0 Å². The molecule has 0 unspecified atom stereocenters. The molecule has 0 atom stereocenters. The van der Waals surface area contributed by atoms with Gasteiger partial charge in [0.15, 0.2) is 16.3 Å². The van der Waals surface area contributed by atoms with Gasteiger partial charge in [0.2, 0.25) is 0 Å². The van der Waals surface area contributed by atoms with Crippen LogP contribution in [0.1, 0.15) is 16.4 Å². The van der Waals surface area contributed by atoms with Gasteiger partial charge < -0.3 is 9.73 Å². The summed E-state index contributed by atoms with van der Waals surface area (Å²) in [7, 11) is 0. The zero-order valence-electron chi connectivity index (χ0n) is 16.4. The molecule has 31 heavy (non-hydrogen) atoms. The van der Waals surface area contributed by atoms with Crippen molar-refractivity contribution in [2.45, 2.75) is 6.92 Å². The lowest BCUT2D eigenvalue weighted by atomic mass is 10.2. The second kappa shape index (κ2) is 7.66. The second-order valence-electron chi connectivity index (χ2n) is 6.83. The third-order valence-electron chi connectivity index (χ3n) is 4.79. The highest BCUT2D eigenvalue weighted by molar-refractivity contribution is 7.12. The van der Waals surface area contributed by atoms with Gasteiger partial charge in [-0.05, 0) is 19.1 Å². The molecule has 7 nitrogen and oxygen atoms in total. The van der Waals surface area contributed by atoms with Crippen LogP contribution in [0.25, 0.3) is 27.4 Å². The summed E-state index contributed by atoms with van der Waals surface area (Å²) in [6.45, 7) is 1.83. The lowest BCUT2D eigenvalue weighted by molar-refractivity contribution is 0.0996. The zero-order valence-corrected chi connectivity index (χ0v) is 17.2. The number of carbonyl (C=O) groups is 1. The number of fused-ring (bicyclic) bond motifs is 1. The number of thiazole rings is 1. The predicted molar refractivity (Wildman–Crippen MR) is 120 cm³/mol. The fourth-order valence-electron chi connectivity index (χ4n) is 3.28. The van der Waals surface area contributed by atoms with Crippen LogP contribution >= 0.6 is 11.3 Å². The smallest absolute Gasteiger partial charge is 0.292 e. The molecule has 5 rings (SSSR count). The molecular formula is C23H16N4O3S. The minimum absolute atomic E-state index is 0.0711. The minimum Gasteiger partial charge on any atom is -0.451 e. The third kappa shape index (κ3) is 3.53. The molecule has 0 aliphatic heterocycles. The second-order valence-corrected chi connectivity index (χ2v) is 7.67. The van der Waals surface area contributed by atoms with Crippen LogP contribution in [0, 0.1) is 6.92 Å². The topological polar surface area (TPSA) is 90.0 Å². The van der Waals surface area contributed by atoms with E-state index < -0.39 is 5.91 Å². The van der Waals surface area contributed by atoms with Gasteiger partial charge in [-0.15, -0.1) is 11.3 Å². The lowest BCUT2D eigenvalue weighted by Crippen LogP contribution is -2.17. The Kier molecular flexibility index (Phi) is 4.68. The van der Waals surface area contributed by atoms with Gasteiger partial charge in [0.1, 0.15) is 17.2 Å². The van der Waals surface area contributed by atoms with Crippen LogP contribution in [0.5, 0.6) is 0 Å². The van der Waals surface area contributed by atoms with E-state index in [4.69, 9.17) is 9.40 Å². The molecular weight excluding hydrogens is 412 g/mol. The minimum atomic E-state index is -0.538. The van der Waals surface area contributed by atoms with Gasteiger partial charge in [0.05, 0.1) is 17.3 Å². The van der Waals surface area contributed by atoms with E-state index in [1.807, 2.05) is 42.6 Å². The molecule has 5 aromatic rings. The number of amides is 1. The van der Waals surface area contributed by atoms with E-state index in [2.05, 4.69) is 10.3 Å². The van der Waals surface area contributed by atoms with Gasteiger partial charge in [-0.2, -0.15) is 0 Å². The average molecular weight is 428 g/mol. The zero-order chi connectivity index (χ0) is 21.4. The Morgan fingerprint density at radius 2 is 1.87 bits per heavy atom. The first-order valence-corrected chi connectivity index (χ1v) is 10.4. The van der Waals surface area contributed by atoms with E-state index in [1.54, 1.807) is 35.0 Å². The molecule has 3 aromatic heterocycles. The Bertz CT molecular complexity index is 1470. The largest absolute Gasteiger partial charge is 0.451 e. The van der Waals surface area contributed by atoms with Crippen molar-refractivity contribution >= 4 is 34.0 Å². The predicted octanol–water partition coefficient (Wildman–Crippen LogP) is 4.66. The number of aromatic nitrogens is 3. The summed E-state index contributed by atoms with van der Waals surface area (Å²) in [4.78, 5) is 34.2. The van der Waals surface area contributed by atoms with Crippen molar-refractivity contribution in [1.29, 1.82) is 0 Å². The number of aryl methyl sites for hydroxylation is 1. The maximum Gasteiger partial charge on any atom is 0.292 e. The summed E-state index contributed by atoms with van der Waals surface area (Å²) < 4.78 is 7.39. The number of anilines is 1. The summed E-state index contributed by atoms with van der Waals surface area (Å²) in [5.41, 5.74) is 1.93. The van der Waals surface area contributed by atoms with Gasteiger partial charge in [0, 0.05) is 17.0 Å². The maximum atomic E-state index is 12.8. The van der Waals surface area contributed by atoms with Gasteiger partial charge in [-0.25, -0.2) is 9.97 Å². The van der Waals surface area contributed by atoms with E-state index in [-0.39, 0.29) is 11.2 Å². The molecule has 0 aliphatic carbocycles. The Morgan fingerprint density at radius 3 is 2.71 bits per heavy atom. The van der Waals surface area contributed by atoms with Crippen molar-refractivity contribution in [2.75, 3.05) is 5.32 Å². The van der Waals surface area contributed by atoms with Crippen molar-refractivity contribution in [3.8, 4) is 16.4 Å². The number of benzene rings is 2. The Hall–Kier alpha value is -4.04. The van der Waals surface area contributed by atoms with Crippen LogP contribution in [0.4, 0.5) is 5.82 Å². The summed E-state index contributed by atoms with van der Waals surface area (Å²) in [6.07, 6.45) is 1.55. The van der Waals surface area contributed by atoms with Crippen LogP contribution in [-0.4, -0.2) is 20.4 Å². The van der Waals surface area contributed by atoms with E-state index >= 15 is 0 Å². The van der Waals surface area contributed by atoms with Crippen LogP contribution in [-0.2, 0) is 0 Å². The summed E-state index contributed by atoms with van der Waals surface area (Å²) in [6, 6.07) is 17.9. The van der Waals surface area contributed by atoms with Gasteiger partial charge in [-0.3, -0.25) is 14.2 Å². The van der Waals surface area contributed by atoms with E-state index in [1.165, 1.54) is 17.4 Å². The molecule has 0 saturated carbocycles. The number of nitrogens with zero attached hydrogens (tertiary/aromatic N) is 3. The highest BCUT2D eigenvalue weighted by Crippen LogP contribution is 2.27. The fourth-order valence-corrected chi connectivity index (χ4v) is 4.17. The van der Waals surface area contributed by atoms with Crippen molar-refractivity contribution in [2.24, 2.45) is 0 Å². The van der Waals surface area contributed by atoms with Crippen LogP contribution in [0.15, 0.2) is 81.5 Å². The monoisotopic (exact) mass is 428 g/mol. The molecule has 1 amide bonds. The first-order valence-electron chi connectivity index (χ1n) is 9.50. The van der Waals surface area contributed by atoms with E-state index in [0.717, 1.165) is 11.3 Å². The normalized spacial score (nSPS) is 11.0. The van der Waals surface area contributed by atoms with E-state index in [0.29, 0.717) is 27.7 Å². The van der Waals surface area contributed by atoms with Crippen molar-refractivity contribution in [3.05, 3.63) is 94.0 Å². The van der Waals surface area contributed by atoms with Crippen LogP contribution < -0.4 is 10.7 Å². The average Bonchev–Trinajstić information content (AvgIpc) is 3.41. The van der Waals surface area contributed by atoms with Gasteiger partial charge >= 0.3 is 0 Å². The highest BCUT2D eigenvalue weighted by atomic mass is 32.1. The standard InChI is InChI=1S/C23H16N4O3S/c1-14-24-12-21(27(14)23-25-17(13-31-23)15-7-3-2-4-8-15)26-22(29)20-11-18(28)16-9-5-6-10-19(16)30-20/h2-13H,1H3,(H,26,29). The third-order valence-corrected chi connectivity index (χ3v) is 5.62. The van der Waals surface area contributed by atoms with Crippen LogP contribution in [0.2, 0.25) is 0 Å². The number of nitrogens with one attached hydrogen (secondary N) is 1. The fraction of sp³-hybridized carbons (Fsp3) is 0.0435. The van der Waals surface area contributed by atoms with Gasteiger partial charge in [0.25, 0.3) is 5.91 Å². The Morgan fingerprint density at radius 1 is 1.10 bits per heavy atom. The van der Waals surface area contributed by atoms with Crippen LogP contribution in [0.3, 0.4) is 0 Å². The molecule has 0 radical (unpaired) electrons. The number of rotatable bonds is 4. The molecule has 1 N–H and O–H groups in total. The molecule has 3 heterocycles. The van der Waals surface area contributed by atoms with Crippen molar-refractivity contribution in [1.82, 2.24) is 14.5 Å². The van der Waals surface area contributed by atoms with E-state index in [9.17, 15) is 9.59 Å². The number of carbonyl (C=O) groups excluding carboxylic acids is 1. The molecule has 0 spiro atoms. The molecule has 0 fully saturated rings. The maximum absolute atomic E-state index is 12.8. The Labute approximate surface area is 180 Å². The Balaban J connectivity index is 1.48. The van der Waals surface area contributed by atoms with Crippen molar-refractivity contribution < 1.29 is 9.21 Å². The quantitative estimate of drug-likeness (QED) is 0.450. The SMILES string of the molecule is Cc1ncc(NC(=O)c2cc(=O)c3ccccc3o2)n1-c1nc(-c2ccccc2)cs1. The summed E-state index contributed by atoms with van der Waals surface area (Å²) in [5.74, 6) is 0.499. The highest BCUT2D eigenvalue weighted by Gasteiger charge is 2.18. The molecule has 152 valence electrons. The molecule has 0 aliphatic rings. The van der Waals surface area contributed by atoms with Gasteiger partial charge in [-0.1, -0.05) is 42.5 Å². The first kappa shape index (κ1) is 19.0. The lowest BCUT2D eigenvalue weighted by Gasteiger charge is -2.08. The summed E-state index contributed by atoms with van der Waals surface area (Å²) in [5, 5.41) is 5.84. The number of hydrogen-bond donors (Lipinski definition) is 1. The molecule has 8 heteroatoms. The number of imidazole rings is 1.